The van der Waals surface area contributed by atoms with Gasteiger partial charge in [0.15, 0.2) is 0 Å². The first-order valence-corrected chi connectivity index (χ1v) is 6.67. The molecule has 0 aliphatic heterocycles. The molecule has 19 heavy (non-hydrogen) atoms. The number of imidazole rings is 1. The molecule has 0 aliphatic carbocycles. The number of nitrogens with zero attached hydrogens (tertiary/aromatic N) is 2. The summed E-state index contributed by atoms with van der Waals surface area (Å²) in [5.74, 6) is -0.359. The van der Waals surface area contributed by atoms with Crippen LogP contribution in [0.3, 0.4) is 0 Å². The van der Waals surface area contributed by atoms with Gasteiger partial charge in [-0.15, -0.1) is 11.3 Å². The van der Waals surface area contributed by atoms with E-state index in [0.717, 1.165) is 15.6 Å². The second kappa shape index (κ2) is 4.31. The number of halogens is 1. The average Bonchev–Trinajstić information content (AvgIpc) is 2.81. The van der Waals surface area contributed by atoms with E-state index in [0.29, 0.717) is 17.6 Å². The van der Waals surface area contributed by atoms with Gasteiger partial charge in [0.2, 0.25) is 0 Å². The molecule has 0 aliphatic rings. The van der Waals surface area contributed by atoms with Gasteiger partial charge in [-0.1, -0.05) is 0 Å². The number of H-pyrrole nitrogens is 1. The predicted molar refractivity (Wildman–Crippen MR) is 73.2 cm³/mol. The van der Waals surface area contributed by atoms with Crippen molar-refractivity contribution in [1.82, 2.24) is 14.5 Å². The molecule has 0 radical (unpaired) electrons. The largest absolute Gasteiger partial charge is 0.326 e. The molecule has 4 nitrogen and oxygen atoms in total. The predicted octanol–water partition coefficient (Wildman–Crippen LogP) is 2.59. The number of aromatic amines is 1. The smallest absolute Gasteiger partial charge is 0.305 e. The van der Waals surface area contributed by atoms with E-state index in [9.17, 15) is 9.18 Å². The summed E-state index contributed by atoms with van der Waals surface area (Å²) in [6.45, 7) is 4.36. The Morgan fingerprint density at radius 2 is 2.21 bits per heavy atom. The number of rotatable bonds is 2. The van der Waals surface area contributed by atoms with Crippen LogP contribution in [-0.2, 0) is 6.54 Å². The summed E-state index contributed by atoms with van der Waals surface area (Å²) < 4.78 is 14.7. The van der Waals surface area contributed by atoms with Crippen molar-refractivity contribution in [3.63, 3.8) is 0 Å². The molecule has 0 saturated heterocycles. The van der Waals surface area contributed by atoms with Crippen LogP contribution in [0.1, 0.15) is 15.6 Å². The number of aryl methyl sites for hydroxylation is 2. The van der Waals surface area contributed by atoms with Crippen LogP contribution in [0.25, 0.3) is 11.0 Å². The van der Waals surface area contributed by atoms with E-state index in [1.54, 1.807) is 22.0 Å². The van der Waals surface area contributed by atoms with Gasteiger partial charge in [0.05, 0.1) is 23.3 Å². The number of hydrogen-bond acceptors (Lipinski definition) is 3. The van der Waals surface area contributed by atoms with Gasteiger partial charge in [-0.2, -0.15) is 0 Å². The van der Waals surface area contributed by atoms with Crippen LogP contribution in [0.5, 0.6) is 0 Å². The Hall–Kier alpha value is -1.95. The fourth-order valence-corrected chi connectivity index (χ4v) is 2.96. The van der Waals surface area contributed by atoms with Crippen molar-refractivity contribution >= 4 is 22.4 Å². The molecule has 1 N–H and O–H groups in total. The lowest BCUT2D eigenvalue weighted by Gasteiger charge is -1.99. The molecule has 3 aromatic rings. The maximum absolute atomic E-state index is 13.1. The zero-order valence-corrected chi connectivity index (χ0v) is 11.3. The quantitative estimate of drug-likeness (QED) is 0.782. The molecule has 0 unspecified atom stereocenters. The van der Waals surface area contributed by atoms with Gasteiger partial charge >= 0.3 is 5.69 Å². The van der Waals surface area contributed by atoms with E-state index in [-0.39, 0.29) is 11.5 Å². The molecule has 6 heteroatoms. The third kappa shape index (κ3) is 2.08. The highest BCUT2D eigenvalue weighted by Gasteiger charge is 2.10. The van der Waals surface area contributed by atoms with Crippen molar-refractivity contribution in [1.29, 1.82) is 0 Å². The zero-order chi connectivity index (χ0) is 13.6. The Bertz CT molecular complexity index is 796. The van der Waals surface area contributed by atoms with E-state index in [1.807, 2.05) is 13.8 Å². The fraction of sp³-hybridized carbons (Fsp3) is 0.231. The molecule has 0 atom stereocenters. The van der Waals surface area contributed by atoms with E-state index in [2.05, 4.69) is 9.97 Å². The first-order chi connectivity index (χ1) is 9.04. The average molecular weight is 277 g/mol. The van der Waals surface area contributed by atoms with Crippen LogP contribution in [0.2, 0.25) is 0 Å². The maximum atomic E-state index is 13.1. The van der Waals surface area contributed by atoms with Crippen LogP contribution < -0.4 is 5.69 Å². The van der Waals surface area contributed by atoms with Gasteiger partial charge in [-0.05, 0) is 32.0 Å². The summed E-state index contributed by atoms with van der Waals surface area (Å²) in [6.07, 6.45) is 0. The lowest BCUT2D eigenvalue weighted by atomic mass is 10.3. The fourth-order valence-electron chi connectivity index (χ4n) is 2.03. The molecule has 1 aromatic carbocycles. The molecule has 2 heterocycles. The Labute approximate surface area is 112 Å². The minimum absolute atomic E-state index is 0.244. The van der Waals surface area contributed by atoms with Gasteiger partial charge in [0, 0.05) is 4.88 Å². The van der Waals surface area contributed by atoms with Crippen LogP contribution >= 0.6 is 11.3 Å². The number of hydrogen-bond donors (Lipinski definition) is 1. The van der Waals surface area contributed by atoms with Crippen LogP contribution in [-0.4, -0.2) is 14.5 Å². The van der Waals surface area contributed by atoms with E-state index in [4.69, 9.17) is 0 Å². The molecule has 0 saturated carbocycles. The van der Waals surface area contributed by atoms with Crippen LogP contribution in [0, 0.1) is 19.7 Å². The molecule has 3 rings (SSSR count). The Kier molecular flexibility index (Phi) is 2.74. The van der Waals surface area contributed by atoms with Crippen molar-refractivity contribution < 1.29 is 4.39 Å². The summed E-state index contributed by atoms with van der Waals surface area (Å²) in [5, 5.41) is 0.877. The minimum atomic E-state index is -0.359. The summed E-state index contributed by atoms with van der Waals surface area (Å²) >= 11 is 1.57. The first-order valence-electron chi connectivity index (χ1n) is 5.85. The van der Waals surface area contributed by atoms with E-state index >= 15 is 0 Å². The number of aromatic nitrogens is 3. The van der Waals surface area contributed by atoms with Gasteiger partial charge in [0.25, 0.3) is 0 Å². The normalized spacial score (nSPS) is 11.3. The van der Waals surface area contributed by atoms with E-state index < -0.39 is 0 Å². The Balaban J connectivity index is 2.10. The minimum Gasteiger partial charge on any atom is -0.305 e. The Morgan fingerprint density at radius 3 is 2.89 bits per heavy atom. The van der Waals surface area contributed by atoms with Crippen molar-refractivity contribution in [2.75, 3.05) is 0 Å². The maximum Gasteiger partial charge on any atom is 0.326 e. The standard InChI is InChI=1S/C13H12FN3OS/c1-7-8(2)19-12(15-7)6-17-11-4-3-9(14)5-10(11)16-13(17)18/h3-5H,6H2,1-2H3,(H,16,18). The first kappa shape index (κ1) is 12.1. The van der Waals surface area contributed by atoms with Gasteiger partial charge in [-0.3, -0.25) is 4.57 Å². The summed E-state index contributed by atoms with van der Waals surface area (Å²) in [7, 11) is 0. The van der Waals surface area contributed by atoms with Crippen molar-refractivity contribution in [3.8, 4) is 0 Å². The van der Waals surface area contributed by atoms with E-state index in [1.165, 1.54) is 12.1 Å². The third-order valence-electron chi connectivity index (χ3n) is 3.10. The molecule has 0 bridgehead atoms. The second-order valence-corrected chi connectivity index (χ2v) is 5.71. The highest BCUT2D eigenvalue weighted by atomic mass is 32.1. The van der Waals surface area contributed by atoms with Crippen LogP contribution in [0.4, 0.5) is 4.39 Å². The molecule has 0 spiro atoms. The highest BCUT2D eigenvalue weighted by molar-refractivity contribution is 7.11. The van der Waals surface area contributed by atoms with Crippen molar-refractivity contribution in [2.24, 2.45) is 0 Å². The van der Waals surface area contributed by atoms with Crippen molar-refractivity contribution in [3.05, 3.63) is 50.1 Å². The van der Waals surface area contributed by atoms with Crippen LogP contribution in [0.15, 0.2) is 23.0 Å². The SMILES string of the molecule is Cc1nc(Cn2c(=O)[nH]c3cc(F)ccc32)sc1C. The monoisotopic (exact) mass is 277 g/mol. The lowest BCUT2D eigenvalue weighted by Crippen LogP contribution is -2.17. The molecular formula is C13H12FN3OS. The summed E-state index contributed by atoms with van der Waals surface area (Å²) in [6, 6.07) is 4.28. The molecule has 0 amide bonds. The van der Waals surface area contributed by atoms with Gasteiger partial charge < -0.3 is 4.98 Å². The Morgan fingerprint density at radius 1 is 1.42 bits per heavy atom. The molecule has 2 aromatic heterocycles. The topological polar surface area (TPSA) is 50.7 Å². The second-order valence-electron chi connectivity index (χ2n) is 4.43. The van der Waals surface area contributed by atoms with Crippen molar-refractivity contribution in [2.45, 2.75) is 20.4 Å². The molecule has 0 fully saturated rings. The number of nitrogens with one attached hydrogen (secondary N) is 1. The summed E-state index contributed by atoms with van der Waals surface area (Å²) in [5.41, 5.74) is 1.94. The van der Waals surface area contributed by atoms with Gasteiger partial charge in [-0.25, -0.2) is 14.2 Å². The van der Waals surface area contributed by atoms with Gasteiger partial charge in [0.1, 0.15) is 10.8 Å². The third-order valence-corrected chi connectivity index (χ3v) is 4.16. The summed E-state index contributed by atoms with van der Waals surface area (Å²) in [4.78, 5) is 20.1. The zero-order valence-electron chi connectivity index (χ0n) is 10.5. The molecule has 98 valence electrons. The highest BCUT2D eigenvalue weighted by Crippen LogP contribution is 2.19. The number of thiazole rings is 1. The number of fused-ring (bicyclic) bond motifs is 1. The number of benzene rings is 1. The molecular weight excluding hydrogens is 265 g/mol. The lowest BCUT2D eigenvalue weighted by molar-refractivity contribution is 0.629.